The van der Waals surface area contributed by atoms with Gasteiger partial charge in [0.05, 0.1) is 12.7 Å². The third-order valence-electron chi connectivity index (χ3n) is 5.55. The van der Waals surface area contributed by atoms with E-state index in [1.165, 1.54) is 0 Å². The van der Waals surface area contributed by atoms with Gasteiger partial charge >= 0.3 is 0 Å². The molecule has 0 bridgehead atoms. The van der Waals surface area contributed by atoms with Gasteiger partial charge < -0.3 is 24.4 Å². The number of nitrogens with zero attached hydrogens (tertiary/aromatic N) is 2. The lowest BCUT2D eigenvalue weighted by Crippen LogP contribution is -2.47. The lowest BCUT2D eigenvalue weighted by molar-refractivity contribution is 0.0264. The Bertz CT molecular complexity index is 788. The van der Waals surface area contributed by atoms with Gasteiger partial charge in [0.2, 0.25) is 0 Å². The monoisotopic (exact) mass is 439 g/mol. The Balaban J connectivity index is 1.27. The maximum atomic E-state index is 5.87. The molecule has 1 aliphatic rings. The SMILES string of the molecule is CCOC1CCN(C(=NC)NCCCCOc2ccc(OCc3ccccc3)cc2)CC1. The fourth-order valence-corrected chi connectivity index (χ4v) is 3.79. The van der Waals surface area contributed by atoms with Gasteiger partial charge in [0.1, 0.15) is 18.1 Å². The molecule has 6 heteroatoms. The van der Waals surface area contributed by atoms with Gasteiger partial charge in [-0.05, 0) is 62.4 Å². The molecule has 2 aromatic rings. The van der Waals surface area contributed by atoms with Crippen LogP contribution in [0, 0.1) is 0 Å². The molecule has 1 N–H and O–H groups in total. The van der Waals surface area contributed by atoms with E-state index >= 15 is 0 Å². The van der Waals surface area contributed by atoms with Crippen LogP contribution >= 0.6 is 0 Å². The van der Waals surface area contributed by atoms with Gasteiger partial charge in [-0.1, -0.05) is 30.3 Å². The van der Waals surface area contributed by atoms with Gasteiger partial charge in [0, 0.05) is 33.3 Å². The lowest BCUT2D eigenvalue weighted by atomic mass is 10.1. The minimum atomic E-state index is 0.399. The first-order valence-electron chi connectivity index (χ1n) is 11.7. The summed E-state index contributed by atoms with van der Waals surface area (Å²) < 4.78 is 17.4. The molecule has 1 heterocycles. The molecule has 1 saturated heterocycles. The quantitative estimate of drug-likeness (QED) is 0.317. The number of hydrogen-bond donors (Lipinski definition) is 1. The Kier molecular flexibility index (Phi) is 10.2. The third-order valence-corrected chi connectivity index (χ3v) is 5.55. The molecule has 0 amide bonds. The summed E-state index contributed by atoms with van der Waals surface area (Å²) in [6.07, 6.45) is 4.56. The first-order chi connectivity index (χ1) is 15.8. The molecule has 2 aromatic carbocycles. The average Bonchev–Trinajstić information content (AvgIpc) is 2.84. The van der Waals surface area contributed by atoms with Crippen molar-refractivity contribution in [2.24, 2.45) is 4.99 Å². The number of hydrogen-bond acceptors (Lipinski definition) is 4. The van der Waals surface area contributed by atoms with Gasteiger partial charge in [-0.3, -0.25) is 4.99 Å². The van der Waals surface area contributed by atoms with E-state index in [9.17, 15) is 0 Å². The minimum Gasteiger partial charge on any atom is -0.494 e. The molecule has 0 atom stereocenters. The van der Waals surface area contributed by atoms with Crippen molar-refractivity contribution >= 4 is 5.96 Å². The predicted octanol–water partition coefficient (Wildman–Crippen LogP) is 4.50. The summed E-state index contributed by atoms with van der Waals surface area (Å²) in [6, 6.07) is 18.0. The van der Waals surface area contributed by atoms with E-state index in [4.69, 9.17) is 14.2 Å². The Hall–Kier alpha value is -2.73. The van der Waals surface area contributed by atoms with E-state index in [0.717, 1.165) is 74.9 Å². The van der Waals surface area contributed by atoms with E-state index in [0.29, 0.717) is 19.3 Å². The summed E-state index contributed by atoms with van der Waals surface area (Å²) >= 11 is 0. The molecule has 32 heavy (non-hydrogen) atoms. The highest BCUT2D eigenvalue weighted by molar-refractivity contribution is 5.79. The maximum absolute atomic E-state index is 5.87. The standard InChI is InChI=1S/C26H37N3O3/c1-3-30-25-15-18-29(19-16-25)26(27-2)28-17-7-8-20-31-23-11-13-24(14-12-23)32-21-22-9-5-4-6-10-22/h4-6,9-14,25H,3,7-8,15-21H2,1-2H3,(H,27,28). The first-order valence-corrected chi connectivity index (χ1v) is 11.7. The predicted molar refractivity (Wildman–Crippen MR) is 130 cm³/mol. The number of guanidine groups is 1. The molecule has 0 unspecified atom stereocenters. The van der Waals surface area contributed by atoms with Crippen LogP contribution in [0.4, 0.5) is 0 Å². The molecule has 174 valence electrons. The summed E-state index contributed by atoms with van der Waals surface area (Å²) in [7, 11) is 1.85. The third kappa shape index (κ3) is 8.08. The van der Waals surface area contributed by atoms with Crippen molar-refractivity contribution in [2.45, 2.75) is 45.3 Å². The molecule has 0 aromatic heterocycles. The molecule has 3 rings (SSSR count). The van der Waals surface area contributed by atoms with Crippen LogP contribution in [0.1, 0.15) is 38.2 Å². The zero-order valence-corrected chi connectivity index (χ0v) is 19.5. The van der Waals surface area contributed by atoms with Crippen LogP contribution in [0.3, 0.4) is 0 Å². The topological polar surface area (TPSA) is 55.3 Å². The fourth-order valence-electron chi connectivity index (χ4n) is 3.79. The lowest BCUT2D eigenvalue weighted by Gasteiger charge is -2.34. The van der Waals surface area contributed by atoms with Crippen molar-refractivity contribution in [1.82, 2.24) is 10.2 Å². The van der Waals surface area contributed by atoms with Crippen molar-refractivity contribution in [3.8, 4) is 11.5 Å². The largest absolute Gasteiger partial charge is 0.494 e. The second kappa shape index (κ2) is 13.6. The van der Waals surface area contributed by atoms with Crippen molar-refractivity contribution in [2.75, 3.05) is 39.9 Å². The number of benzene rings is 2. The number of unbranched alkanes of at least 4 members (excludes halogenated alkanes) is 1. The molecule has 1 aliphatic heterocycles. The van der Waals surface area contributed by atoms with Crippen LogP contribution in [-0.4, -0.2) is 56.9 Å². The Morgan fingerprint density at radius 2 is 1.66 bits per heavy atom. The first kappa shape index (κ1) is 23.9. The highest BCUT2D eigenvalue weighted by atomic mass is 16.5. The summed E-state index contributed by atoms with van der Waals surface area (Å²) in [5, 5.41) is 3.48. The van der Waals surface area contributed by atoms with Crippen molar-refractivity contribution in [1.29, 1.82) is 0 Å². The number of aliphatic imine (C=N–C) groups is 1. The highest BCUT2D eigenvalue weighted by Gasteiger charge is 2.21. The van der Waals surface area contributed by atoms with Gasteiger partial charge in [-0.2, -0.15) is 0 Å². The molecular weight excluding hydrogens is 402 g/mol. The fraction of sp³-hybridized carbons (Fsp3) is 0.500. The number of piperidine rings is 1. The van der Waals surface area contributed by atoms with Crippen molar-refractivity contribution < 1.29 is 14.2 Å². The van der Waals surface area contributed by atoms with Crippen LogP contribution in [-0.2, 0) is 11.3 Å². The van der Waals surface area contributed by atoms with Crippen LogP contribution < -0.4 is 14.8 Å². The maximum Gasteiger partial charge on any atom is 0.193 e. The van der Waals surface area contributed by atoms with Gasteiger partial charge in [0.25, 0.3) is 0 Å². The smallest absolute Gasteiger partial charge is 0.193 e. The van der Waals surface area contributed by atoms with E-state index in [1.54, 1.807) is 0 Å². The molecule has 0 radical (unpaired) electrons. The molecule has 0 saturated carbocycles. The molecule has 0 spiro atoms. The van der Waals surface area contributed by atoms with E-state index < -0.39 is 0 Å². The number of nitrogens with one attached hydrogen (secondary N) is 1. The number of ether oxygens (including phenoxy) is 3. The zero-order valence-electron chi connectivity index (χ0n) is 19.5. The van der Waals surface area contributed by atoms with Crippen LogP contribution in [0.2, 0.25) is 0 Å². The number of likely N-dealkylation sites (tertiary alicyclic amines) is 1. The summed E-state index contributed by atoms with van der Waals surface area (Å²) in [4.78, 5) is 6.77. The van der Waals surface area contributed by atoms with E-state index in [-0.39, 0.29) is 0 Å². The van der Waals surface area contributed by atoms with Crippen LogP contribution in [0.25, 0.3) is 0 Å². The second-order valence-electron chi connectivity index (χ2n) is 7.92. The summed E-state index contributed by atoms with van der Waals surface area (Å²) in [5.41, 5.74) is 1.16. The average molecular weight is 440 g/mol. The Morgan fingerprint density at radius 3 is 2.31 bits per heavy atom. The van der Waals surface area contributed by atoms with Crippen LogP contribution in [0.15, 0.2) is 59.6 Å². The normalized spacial score (nSPS) is 14.9. The van der Waals surface area contributed by atoms with Gasteiger partial charge in [-0.15, -0.1) is 0 Å². The Labute approximate surface area is 192 Å². The summed E-state index contributed by atoms with van der Waals surface area (Å²) in [5.74, 6) is 2.71. The van der Waals surface area contributed by atoms with E-state index in [1.807, 2.05) is 49.5 Å². The van der Waals surface area contributed by atoms with Gasteiger partial charge in [0.15, 0.2) is 5.96 Å². The Morgan fingerprint density at radius 1 is 0.969 bits per heavy atom. The molecule has 1 fully saturated rings. The molecular formula is C26H37N3O3. The zero-order chi connectivity index (χ0) is 22.4. The molecule has 6 nitrogen and oxygen atoms in total. The van der Waals surface area contributed by atoms with Crippen molar-refractivity contribution in [3.63, 3.8) is 0 Å². The van der Waals surface area contributed by atoms with Crippen molar-refractivity contribution in [3.05, 3.63) is 60.2 Å². The van der Waals surface area contributed by atoms with Crippen LogP contribution in [0.5, 0.6) is 11.5 Å². The summed E-state index contributed by atoms with van der Waals surface area (Å²) in [6.45, 7) is 7.02. The van der Waals surface area contributed by atoms with E-state index in [2.05, 4.69) is 34.3 Å². The highest BCUT2D eigenvalue weighted by Crippen LogP contribution is 2.19. The number of rotatable bonds is 11. The second-order valence-corrected chi connectivity index (χ2v) is 7.92. The molecule has 0 aliphatic carbocycles. The minimum absolute atomic E-state index is 0.399. The van der Waals surface area contributed by atoms with Gasteiger partial charge in [-0.25, -0.2) is 0 Å².